The van der Waals surface area contributed by atoms with E-state index in [1.54, 1.807) is 12.5 Å². The number of nitrogens with zero attached hydrogens (tertiary/aromatic N) is 1. The zero-order valence-electron chi connectivity index (χ0n) is 6.88. The van der Waals surface area contributed by atoms with E-state index in [1.165, 1.54) is 11.8 Å². The van der Waals surface area contributed by atoms with Crippen LogP contribution >= 0.6 is 19.4 Å². The molecule has 7 heteroatoms. The van der Waals surface area contributed by atoms with E-state index in [0.29, 0.717) is 12.2 Å². The van der Waals surface area contributed by atoms with E-state index < -0.39 is 7.60 Å². The maximum absolute atomic E-state index is 10.5. The Labute approximate surface area is 80.1 Å². The molecular formula is C6H11N2O3PS. The quantitative estimate of drug-likeness (QED) is 0.394. The van der Waals surface area contributed by atoms with Gasteiger partial charge in [-0.05, 0) is 6.42 Å². The molecule has 0 amide bonds. The van der Waals surface area contributed by atoms with Crippen LogP contribution in [0.3, 0.4) is 0 Å². The minimum Gasteiger partial charge on any atom is -0.340 e. The Morgan fingerprint density at radius 1 is 1.62 bits per heavy atom. The highest BCUT2D eigenvalue weighted by Gasteiger charge is 2.11. The van der Waals surface area contributed by atoms with Gasteiger partial charge < -0.3 is 14.8 Å². The maximum atomic E-state index is 10.5. The Bertz CT molecular complexity index is 284. The van der Waals surface area contributed by atoms with Crippen LogP contribution in [0.25, 0.3) is 0 Å². The van der Waals surface area contributed by atoms with Crippen molar-refractivity contribution in [2.75, 3.05) is 11.9 Å². The summed E-state index contributed by atoms with van der Waals surface area (Å²) in [5.41, 5.74) is 0. The molecule has 0 saturated carbocycles. The summed E-state index contributed by atoms with van der Waals surface area (Å²) in [4.78, 5) is 23.8. The average molecular weight is 222 g/mol. The normalized spacial score (nSPS) is 11.8. The second-order valence-corrected chi connectivity index (χ2v) is 5.42. The molecule has 0 atom stereocenters. The molecule has 5 nitrogen and oxygen atoms in total. The van der Waals surface area contributed by atoms with E-state index in [-0.39, 0.29) is 6.16 Å². The molecule has 0 spiro atoms. The fourth-order valence-corrected chi connectivity index (χ4v) is 2.34. The lowest BCUT2D eigenvalue weighted by Gasteiger charge is -2.01. The number of hydrogen-bond acceptors (Lipinski definition) is 3. The second-order valence-electron chi connectivity index (χ2n) is 2.51. The molecule has 0 aromatic carbocycles. The second kappa shape index (κ2) is 4.81. The zero-order chi connectivity index (χ0) is 9.73. The highest BCUT2D eigenvalue weighted by molar-refractivity contribution is 7.99. The van der Waals surface area contributed by atoms with Gasteiger partial charge in [-0.3, -0.25) is 4.57 Å². The van der Waals surface area contributed by atoms with Gasteiger partial charge in [0.1, 0.15) is 0 Å². The maximum Gasteiger partial charge on any atom is 0.325 e. The van der Waals surface area contributed by atoms with Gasteiger partial charge in [0.05, 0.1) is 23.7 Å². The summed E-state index contributed by atoms with van der Waals surface area (Å²) in [5, 5.41) is 0.922. The highest BCUT2D eigenvalue weighted by atomic mass is 32.2. The summed E-state index contributed by atoms with van der Waals surface area (Å²) < 4.78 is 10.5. The van der Waals surface area contributed by atoms with E-state index in [2.05, 4.69) is 9.97 Å². The number of imidazole rings is 1. The Hall–Kier alpha value is -0.290. The summed E-state index contributed by atoms with van der Waals surface area (Å²) in [6, 6.07) is 0. The molecule has 0 unspecified atom stereocenters. The van der Waals surface area contributed by atoms with Crippen LogP contribution in [-0.4, -0.2) is 31.7 Å². The summed E-state index contributed by atoms with van der Waals surface area (Å²) in [6.07, 6.45) is 3.72. The third-order valence-corrected chi connectivity index (χ3v) is 3.25. The first kappa shape index (κ1) is 10.8. The minimum absolute atomic E-state index is 0.0475. The molecule has 13 heavy (non-hydrogen) atoms. The predicted octanol–water partition coefficient (Wildman–Crippen LogP) is 1.07. The van der Waals surface area contributed by atoms with Gasteiger partial charge in [0.2, 0.25) is 0 Å². The van der Waals surface area contributed by atoms with Gasteiger partial charge in [-0.2, -0.15) is 0 Å². The summed E-state index contributed by atoms with van der Waals surface area (Å²) in [7, 11) is -3.81. The topological polar surface area (TPSA) is 86.2 Å². The molecule has 0 fully saturated rings. The molecule has 1 rings (SSSR count). The smallest absolute Gasteiger partial charge is 0.325 e. The van der Waals surface area contributed by atoms with Crippen molar-refractivity contribution in [1.82, 2.24) is 9.97 Å². The molecular weight excluding hydrogens is 211 g/mol. The third-order valence-electron chi connectivity index (χ3n) is 1.32. The SMILES string of the molecule is O=P(O)(O)CCCSc1cnc[nH]1. The van der Waals surface area contributed by atoms with Crippen LogP contribution in [0.5, 0.6) is 0 Å². The first-order chi connectivity index (χ1) is 6.08. The van der Waals surface area contributed by atoms with Gasteiger partial charge in [-0.1, -0.05) is 0 Å². The fourth-order valence-electron chi connectivity index (χ4n) is 0.775. The summed E-state index contributed by atoms with van der Waals surface area (Å²) in [6.45, 7) is 0. The molecule has 0 bridgehead atoms. The zero-order valence-corrected chi connectivity index (χ0v) is 8.59. The first-order valence-electron chi connectivity index (χ1n) is 3.74. The van der Waals surface area contributed by atoms with Crippen LogP contribution in [0.4, 0.5) is 0 Å². The molecule has 0 aliphatic carbocycles. The van der Waals surface area contributed by atoms with Crippen molar-refractivity contribution in [2.45, 2.75) is 11.4 Å². The van der Waals surface area contributed by atoms with Crippen molar-refractivity contribution in [3.8, 4) is 0 Å². The number of aromatic nitrogens is 2. The van der Waals surface area contributed by atoms with Crippen LogP contribution in [0.1, 0.15) is 6.42 Å². The van der Waals surface area contributed by atoms with E-state index in [9.17, 15) is 4.57 Å². The van der Waals surface area contributed by atoms with Gasteiger partial charge in [-0.15, -0.1) is 11.8 Å². The van der Waals surface area contributed by atoms with Crippen LogP contribution in [-0.2, 0) is 4.57 Å². The monoisotopic (exact) mass is 222 g/mol. The molecule has 0 radical (unpaired) electrons. The van der Waals surface area contributed by atoms with E-state index in [0.717, 1.165) is 5.03 Å². The number of H-pyrrole nitrogens is 1. The minimum atomic E-state index is -3.81. The van der Waals surface area contributed by atoms with Crippen LogP contribution in [0, 0.1) is 0 Å². The molecule has 0 saturated heterocycles. The number of hydrogen-bond donors (Lipinski definition) is 3. The number of thioether (sulfide) groups is 1. The Morgan fingerprint density at radius 3 is 2.92 bits per heavy atom. The average Bonchev–Trinajstić information content (AvgIpc) is 2.48. The molecule has 1 heterocycles. The fraction of sp³-hybridized carbons (Fsp3) is 0.500. The van der Waals surface area contributed by atoms with Crippen LogP contribution < -0.4 is 0 Å². The molecule has 0 aliphatic rings. The van der Waals surface area contributed by atoms with Crippen molar-refractivity contribution in [2.24, 2.45) is 0 Å². The standard InChI is InChI=1S/C6H11N2O3PS/c9-12(10,11)2-1-3-13-6-4-7-5-8-6/h4-5H,1-3H2,(H,7,8)(H2,9,10,11). The van der Waals surface area contributed by atoms with Crippen molar-refractivity contribution in [1.29, 1.82) is 0 Å². The third kappa shape index (κ3) is 5.10. The van der Waals surface area contributed by atoms with Gasteiger partial charge in [0, 0.05) is 5.75 Å². The highest BCUT2D eigenvalue weighted by Crippen LogP contribution is 2.35. The lowest BCUT2D eigenvalue weighted by molar-refractivity contribution is 0.372. The van der Waals surface area contributed by atoms with E-state index in [4.69, 9.17) is 9.79 Å². The number of nitrogens with one attached hydrogen (secondary N) is 1. The number of aromatic amines is 1. The summed E-state index contributed by atoms with van der Waals surface area (Å²) in [5.74, 6) is 0.688. The molecule has 74 valence electrons. The van der Waals surface area contributed by atoms with Crippen LogP contribution in [0.2, 0.25) is 0 Å². The van der Waals surface area contributed by atoms with Gasteiger partial charge in [0.15, 0.2) is 0 Å². The predicted molar refractivity (Wildman–Crippen MR) is 50.8 cm³/mol. The van der Waals surface area contributed by atoms with Gasteiger partial charge in [0.25, 0.3) is 0 Å². The molecule has 0 aliphatic heterocycles. The van der Waals surface area contributed by atoms with Crippen molar-refractivity contribution >= 4 is 19.4 Å². The van der Waals surface area contributed by atoms with Crippen molar-refractivity contribution in [3.05, 3.63) is 12.5 Å². The van der Waals surface area contributed by atoms with Gasteiger partial charge >= 0.3 is 7.60 Å². The Balaban J connectivity index is 2.12. The Morgan fingerprint density at radius 2 is 2.38 bits per heavy atom. The molecule has 3 N–H and O–H groups in total. The Kier molecular flexibility index (Phi) is 3.99. The van der Waals surface area contributed by atoms with E-state index >= 15 is 0 Å². The summed E-state index contributed by atoms with van der Waals surface area (Å²) >= 11 is 1.51. The molecule has 1 aromatic heterocycles. The lowest BCUT2D eigenvalue weighted by atomic mass is 10.6. The molecule has 1 aromatic rings. The largest absolute Gasteiger partial charge is 0.340 e. The van der Waals surface area contributed by atoms with E-state index in [1.807, 2.05) is 0 Å². The van der Waals surface area contributed by atoms with Crippen LogP contribution in [0.15, 0.2) is 17.6 Å². The van der Waals surface area contributed by atoms with Gasteiger partial charge in [-0.25, -0.2) is 4.98 Å². The first-order valence-corrected chi connectivity index (χ1v) is 6.52. The van der Waals surface area contributed by atoms with Crippen molar-refractivity contribution in [3.63, 3.8) is 0 Å². The van der Waals surface area contributed by atoms with Crippen molar-refractivity contribution < 1.29 is 14.4 Å². The number of rotatable bonds is 5. The lowest BCUT2D eigenvalue weighted by Crippen LogP contribution is -1.89.